The number of hydrogen-bond acceptors (Lipinski definition) is 4. The number of aliphatic hydroxyl groups excluding tert-OH is 1. The molecule has 3 aromatic carbocycles. The lowest BCUT2D eigenvalue weighted by atomic mass is 9.94. The number of imidazole rings is 1. The maximum absolute atomic E-state index is 12.5. The van der Waals surface area contributed by atoms with Crippen molar-refractivity contribution >= 4 is 5.97 Å². The largest absolute Gasteiger partial charge is 0.464 e. The van der Waals surface area contributed by atoms with Crippen LogP contribution in [0.2, 0.25) is 0 Å². The molecule has 0 aliphatic heterocycles. The van der Waals surface area contributed by atoms with E-state index in [0.29, 0.717) is 5.69 Å². The zero-order valence-electron chi connectivity index (χ0n) is 16.6. The van der Waals surface area contributed by atoms with Gasteiger partial charge in [0.05, 0.1) is 25.2 Å². The van der Waals surface area contributed by atoms with E-state index >= 15 is 0 Å². The minimum Gasteiger partial charge on any atom is -0.464 e. The van der Waals surface area contributed by atoms with E-state index in [1.807, 2.05) is 95.6 Å². The van der Waals surface area contributed by atoms with Crippen molar-refractivity contribution in [3.63, 3.8) is 0 Å². The highest BCUT2D eigenvalue weighted by Gasteiger charge is 2.30. The lowest BCUT2D eigenvalue weighted by molar-refractivity contribution is 0.0595. The fraction of sp³-hybridized carbons (Fsp3) is 0.120. The van der Waals surface area contributed by atoms with Crippen LogP contribution < -0.4 is 0 Å². The number of aliphatic hydroxyl groups is 1. The molecule has 1 N–H and O–H groups in total. The highest BCUT2D eigenvalue weighted by molar-refractivity contribution is 5.94. The second-order valence-corrected chi connectivity index (χ2v) is 6.92. The van der Waals surface area contributed by atoms with Gasteiger partial charge in [-0.05, 0) is 11.1 Å². The molecule has 5 heteroatoms. The third-order valence-corrected chi connectivity index (χ3v) is 5.10. The molecule has 5 nitrogen and oxygen atoms in total. The summed E-state index contributed by atoms with van der Waals surface area (Å²) in [4.78, 5) is 16.8. The van der Waals surface area contributed by atoms with Crippen molar-refractivity contribution in [1.82, 2.24) is 9.55 Å². The number of rotatable bonds is 6. The van der Waals surface area contributed by atoms with Gasteiger partial charge >= 0.3 is 5.97 Å². The van der Waals surface area contributed by atoms with Gasteiger partial charge in [0.25, 0.3) is 0 Å². The Morgan fingerprint density at radius 3 is 1.97 bits per heavy atom. The smallest absolute Gasteiger partial charge is 0.358 e. The number of carbonyl (C=O) groups excluding carboxylic acids is 1. The molecular weight excluding hydrogens is 376 g/mol. The van der Waals surface area contributed by atoms with Gasteiger partial charge in [0.1, 0.15) is 6.10 Å². The molecule has 2 atom stereocenters. The number of ether oxygens (including phenoxy) is 1. The number of hydrogen-bond donors (Lipinski definition) is 1. The monoisotopic (exact) mass is 398 g/mol. The molecule has 1 heterocycles. The van der Waals surface area contributed by atoms with Gasteiger partial charge in [0.2, 0.25) is 0 Å². The van der Waals surface area contributed by atoms with Crippen LogP contribution in [0, 0.1) is 0 Å². The first kappa shape index (κ1) is 19.6. The molecule has 4 aromatic rings. The molecule has 0 saturated heterocycles. The summed E-state index contributed by atoms with van der Waals surface area (Å²) in [5.74, 6) is -0.520. The maximum atomic E-state index is 12.5. The molecule has 0 amide bonds. The molecule has 0 radical (unpaired) electrons. The Morgan fingerprint density at radius 2 is 1.40 bits per heavy atom. The van der Waals surface area contributed by atoms with Crippen LogP contribution in [-0.4, -0.2) is 27.7 Å². The van der Waals surface area contributed by atoms with E-state index in [1.165, 1.54) is 7.11 Å². The zero-order valence-corrected chi connectivity index (χ0v) is 16.6. The predicted molar refractivity (Wildman–Crippen MR) is 115 cm³/mol. The number of carbonyl (C=O) groups is 1. The van der Waals surface area contributed by atoms with Gasteiger partial charge in [0, 0.05) is 5.56 Å². The topological polar surface area (TPSA) is 64.3 Å². The Kier molecular flexibility index (Phi) is 5.72. The van der Waals surface area contributed by atoms with Crippen LogP contribution in [0.15, 0.2) is 97.3 Å². The fourth-order valence-electron chi connectivity index (χ4n) is 3.68. The van der Waals surface area contributed by atoms with Crippen molar-refractivity contribution in [2.75, 3.05) is 7.11 Å². The van der Waals surface area contributed by atoms with Crippen LogP contribution in [-0.2, 0) is 4.74 Å². The summed E-state index contributed by atoms with van der Waals surface area (Å²) in [5.41, 5.74) is 3.31. The van der Waals surface area contributed by atoms with E-state index in [4.69, 9.17) is 4.74 Å². The maximum Gasteiger partial charge on any atom is 0.358 e. The molecule has 0 bridgehead atoms. The Hall–Kier alpha value is -3.70. The number of esters is 1. The molecule has 1 aromatic heterocycles. The third-order valence-electron chi connectivity index (χ3n) is 5.10. The Morgan fingerprint density at radius 1 is 0.867 bits per heavy atom. The average molecular weight is 398 g/mol. The van der Waals surface area contributed by atoms with Crippen LogP contribution in [0.25, 0.3) is 11.3 Å². The minimum absolute atomic E-state index is 0.213. The summed E-state index contributed by atoms with van der Waals surface area (Å²) in [6.45, 7) is 0. The number of nitrogens with zero attached hydrogens (tertiary/aromatic N) is 2. The highest BCUT2D eigenvalue weighted by Crippen LogP contribution is 2.37. The summed E-state index contributed by atoms with van der Waals surface area (Å²) in [5, 5.41) is 11.4. The predicted octanol–water partition coefficient (Wildman–Crippen LogP) is 4.66. The molecular formula is C25H22N2O3. The average Bonchev–Trinajstić information content (AvgIpc) is 3.25. The Bertz CT molecular complexity index is 1110. The van der Waals surface area contributed by atoms with Gasteiger partial charge in [-0.15, -0.1) is 0 Å². The van der Waals surface area contributed by atoms with Crippen LogP contribution in [0.1, 0.15) is 33.8 Å². The van der Waals surface area contributed by atoms with E-state index in [2.05, 4.69) is 4.98 Å². The van der Waals surface area contributed by atoms with Crippen LogP contribution in [0.5, 0.6) is 0 Å². The standard InChI is InChI=1S/C25H22N2O3/c1-30-25(29)21-22(18-11-5-2-6-12-18)27(17-26-21)23(19-13-7-3-8-14-19)24(28)20-15-9-4-10-16-20/h2-17,23-24,28H,1H3/t23-,24+/m0/s1. The summed E-state index contributed by atoms with van der Waals surface area (Å²) >= 11 is 0. The number of benzene rings is 3. The quantitative estimate of drug-likeness (QED) is 0.480. The number of aromatic nitrogens is 2. The first-order valence-corrected chi connectivity index (χ1v) is 9.69. The van der Waals surface area contributed by atoms with Crippen molar-refractivity contribution < 1.29 is 14.6 Å². The molecule has 150 valence electrons. The zero-order chi connectivity index (χ0) is 20.9. The molecule has 0 aliphatic rings. The SMILES string of the molecule is COC(=O)c1ncn([C@@H](c2ccccc2)[C@H](O)c2ccccc2)c1-c1ccccc1. The van der Waals surface area contributed by atoms with Crippen molar-refractivity contribution in [2.24, 2.45) is 0 Å². The van der Waals surface area contributed by atoms with Crippen LogP contribution in [0.3, 0.4) is 0 Å². The Balaban J connectivity index is 1.94. The summed E-state index contributed by atoms with van der Waals surface area (Å²) in [6, 6.07) is 28.3. The molecule has 0 spiro atoms. The van der Waals surface area contributed by atoms with E-state index in [-0.39, 0.29) is 5.69 Å². The van der Waals surface area contributed by atoms with Gasteiger partial charge in [-0.2, -0.15) is 0 Å². The minimum atomic E-state index is -0.851. The van der Waals surface area contributed by atoms with Crippen LogP contribution >= 0.6 is 0 Å². The summed E-state index contributed by atoms with van der Waals surface area (Å²) < 4.78 is 6.82. The van der Waals surface area contributed by atoms with Crippen molar-refractivity contribution in [3.8, 4) is 11.3 Å². The first-order valence-electron chi connectivity index (χ1n) is 9.69. The molecule has 0 unspecified atom stereocenters. The molecule has 0 fully saturated rings. The van der Waals surface area contributed by atoms with Gasteiger partial charge in [0.15, 0.2) is 5.69 Å². The first-order chi connectivity index (χ1) is 14.7. The lowest BCUT2D eigenvalue weighted by Crippen LogP contribution is -2.20. The van der Waals surface area contributed by atoms with E-state index < -0.39 is 18.1 Å². The lowest BCUT2D eigenvalue weighted by Gasteiger charge is -2.27. The summed E-state index contributed by atoms with van der Waals surface area (Å²) in [6.07, 6.45) is 0.744. The fourth-order valence-corrected chi connectivity index (χ4v) is 3.68. The van der Waals surface area contributed by atoms with Gasteiger partial charge in [-0.25, -0.2) is 9.78 Å². The number of methoxy groups -OCH3 is 1. The van der Waals surface area contributed by atoms with Crippen LogP contribution in [0.4, 0.5) is 0 Å². The van der Waals surface area contributed by atoms with Crippen molar-refractivity contribution in [1.29, 1.82) is 0 Å². The highest BCUT2D eigenvalue weighted by atomic mass is 16.5. The second kappa shape index (κ2) is 8.76. The second-order valence-electron chi connectivity index (χ2n) is 6.92. The normalized spacial score (nSPS) is 12.9. The van der Waals surface area contributed by atoms with E-state index in [9.17, 15) is 9.90 Å². The summed E-state index contributed by atoms with van der Waals surface area (Å²) in [7, 11) is 1.34. The van der Waals surface area contributed by atoms with Crippen molar-refractivity contribution in [2.45, 2.75) is 12.1 Å². The van der Waals surface area contributed by atoms with E-state index in [0.717, 1.165) is 16.7 Å². The van der Waals surface area contributed by atoms with Crippen molar-refractivity contribution in [3.05, 3.63) is 114 Å². The molecule has 30 heavy (non-hydrogen) atoms. The Labute approximate surface area is 175 Å². The molecule has 4 rings (SSSR count). The molecule has 0 saturated carbocycles. The third kappa shape index (κ3) is 3.75. The van der Waals surface area contributed by atoms with Gasteiger partial charge < -0.3 is 14.4 Å². The van der Waals surface area contributed by atoms with E-state index in [1.54, 1.807) is 6.33 Å². The van der Waals surface area contributed by atoms with Gasteiger partial charge in [-0.3, -0.25) is 0 Å². The van der Waals surface area contributed by atoms with Gasteiger partial charge in [-0.1, -0.05) is 91.0 Å². The molecule has 0 aliphatic carbocycles.